The number of likely N-dealkylation sites (tertiary alicyclic amines) is 1. The van der Waals surface area contributed by atoms with Gasteiger partial charge in [0.25, 0.3) is 0 Å². The molecule has 0 unspecified atom stereocenters. The number of rotatable bonds is 5. The molecule has 2 amide bonds. The lowest BCUT2D eigenvalue weighted by molar-refractivity contribution is -0.135. The van der Waals surface area contributed by atoms with Crippen molar-refractivity contribution in [2.75, 3.05) is 6.54 Å². The van der Waals surface area contributed by atoms with E-state index in [1.54, 1.807) is 23.1 Å². The summed E-state index contributed by atoms with van der Waals surface area (Å²) < 4.78 is 0. The van der Waals surface area contributed by atoms with E-state index in [1.165, 1.54) is 0 Å². The normalized spacial score (nSPS) is 18.1. The highest BCUT2D eigenvalue weighted by molar-refractivity contribution is 6.30. The first kappa shape index (κ1) is 14.6. The second kappa shape index (κ2) is 6.57. The van der Waals surface area contributed by atoms with Crippen molar-refractivity contribution in [3.05, 3.63) is 47.5 Å². The second-order valence-corrected chi connectivity index (χ2v) is 5.17. The largest absolute Gasteiger partial charge is 0.351 e. The van der Waals surface area contributed by atoms with Crippen molar-refractivity contribution in [1.29, 1.82) is 0 Å². The van der Waals surface area contributed by atoms with Crippen LogP contribution in [0.5, 0.6) is 0 Å². The third kappa shape index (κ3) is 3.39. The van der Waals surface area contributed by atoms with Crippen LogP contribution in [0.1, 0.15) is 18.4 Å². The zero-order chi connectivity index (χ0) is 14.5. The van der Waals surface area contributed by atoms with Gasteiger partial charge in [-0.15, -0.1) is 6.58 Å². The molecular weight excluding hydrogens is 276 g/mol. The number of nitrogens with zero attached hydrogens (tertiary/aromatic N) is 1. The van der Waals surface area contributed by atoms with E-state index in [0.29, 0.717) is 31.0 Å². The average Bonchev–Trinajstić information content (AvgIpc) is 2.80. The number of hydrogen-bond donors (Lipinski definition) is 1. The number of carbonyl (C=O) groups excluding carboxylic acids is 2. The maximum absolute atomic E-state index is 12.0. The highest BCUT2D eigenvalue weighted by Crippen LogP contribution is 2.22. The topological polar surface area (TPSA) is 49.4 Å². The van der Waals surface area contributed by atoms with Gasteiger partial charge in [0.1, 0.15) is 6.04 Å². The predicted molar refractivity (Wildman–Crippen MR) is 78.2 cm³/mol. The van der Waals surface area contributed by atoms with Crippen molar-refractivity contribution in [1.82, 2.24) is 10.2 Å². The van der Waals surface area contributed by atoms with E-state index in [2.05, 4.69) is 11.9 Å². The molecule has 1 heterocycles. The Labute approximate surface area is 123 Å². The molecule has 1 aromatic carbocycles. The van der Waals surface area contributed by atoms with Gasteiger partial charge in [-0.3, -0.25) is 9.59 Å². The maximum atomic E-state index is 12.0. The zero-order valence-electron chi connectivity index (χ0n) is 11.1. The van der Waals surface area contributed by atoms with E-state index >= 15 is 0 Å². The first-order chi connectivity index (χ1) is 9.61. The number of nitrogens with one attached hydrogen (secondary N) is 1. The van der Waals surface area contributed by atoms with Crippen LogP contribution >= 0.6 is 11.6 Å². The van der Waals surface area contributed by atoms with Crippen LogP contribution in [0.25, 0.3) is 0 Å². The van der Waals surface area contributed by atoms with E-state index in [4.69, 9.17) is 11.6 Å². The van der Waals surface area contributed by atoms with Crippen LogP contribution in [-0.4, -0.2) is 29.3 Å². The van der Waals surface area contributed by atoms with E-state index < -0.39 is 6.04 Å². The van der Waals surface area contributed by atoms with Crippen LogP contribution in [-0.2, 0) is 16.1 Å². The molecule has 1 aromatic rings. The molecule has 1 aliphatic heterocycles. The van der Waals surface area contributed by atoms with E-state index in [-0.39, 0.29) is 11.8 Å². The van der Waals surface area contributed by atoms with Gasteiger partial charge in [-0.1, -0.05) is 29.8 Å². The number of hydrogen-bond acceptors (Lipinski definition) is 2. The quantitative estimate of drug-likeness (QED) is 0.845. The Bertz CT molecular complexity index is 513. The number of benzene rings is 1. The lowest BCUT2D eigenvalue weighted by Gasteiger charge is -2.24. The molecule has 4 nitrogen and oxygen atoms in total. The highest BCUT2D eigenvalue weighted by Gasteiger charge is 2.35. The molecule has 106 valence electrons. The Hall–Kier alpha value is -1.81. The molecule has 0 aliphatic carbocycles. The van der Waals surface area contributed by atoms with Crippen molar-refractivity contribution in [2.24, 2.45) is 0 Å². The molecule has 1 aliphatic rings. The molecule has 0 saturated carbocycles. The SMILES string of the molecule is C=CCNC(=O)[C@@H]1CCC(=O)N1Cc1ccc(Cl)cc1. The Morgan fingerprint density at radius 3 is 2.80 bits per heavy atom. The van der Waals surface area contributed by atoms with Crippen molar-refractivity contribution < 1.29 is 9.59 Å². The Morgan fingerprint density at radius 1 is 1.45 bits per heavy atom. The summed E-state index contributed by atoms with van der Waals surface area (Å²) in [5.74, 6) is -0.108. The fraction of sp³-hybridized carbons (Fsp3) is 0.333. The number of amides is 2. The van der Waals surface area contributed by atoms with Crippen LogP contribution in [0.15, 0.2) is 36.9 Å². The maximum Gasteiger partial charge on any atom is 0.243 e. The van der Waals surface area contributed by atoms with Crippen molar-refractivity contribution in [3.63, 3.8) is 0 Å². The summed E-state index contributed by atoms with van der Waals surface area (Å²) in [7, 11) is 0. The summed E-state index contributed by atoms with van der Waals surface area (Å²) >= 11 is 5.84. The van der Waals surface area contributed by atoms with Gasteiger partial charge < -0.3 is 10.2 Å². The van der Waals surface area contributed by atoms with Crippen molar-refractivity contribution in [2.45, 2.75) is 25.4 Å². The minimum absolute atomic E-state index is 0.0127. The lowest BCUT2D eigenvalue weighted by Crippen LogP contribution is -2.44. The molecule has 5 heteroatoms. The van der Waals surface area contributed by atoms with Gasteiger partial charge in [-0.05, 0) is 24.1 Å². The average molecular weight is 293 g/mol. The van der Waals surface area contributed by atoms with Crippen LogP contribution in [0.4, 0.5) is 0 Å². The molecule has 0 radical (unpaired) electrons. The Balaban J connectivity index is 2.06. The Morgan fingerprint density at radius 2 is 2.15 bits per heavy atom. The number of halogens is 1. The van der Waals surface area contributed by atoms with Gasteiger partial charge in [0, 0.05) is 24.5 Å². The standard InChI is InChI=1S/C15H17ClN2O2/c1-2-9-17-15(20)13-7-8-14(19)18(13)10-11-3-5-12(16)6-4-11/h2-6,13H,1,7-10H2,(H,17,20)/t13-/m0/s1. The molecule has 1 atom stereocenters. The summed E-state index contributed by atoms with van der Waals surface area (Å²) in [5, 5.41) is 3.40. The third-order valence-corrected chi connectivity index (χ3v) is 3.57. The molecule has 0 aromatic heterocycles. The minimum atomic E-state index is -0.391. The fourth-order valence-electron chi connectivity index (χ4n) is 2.28. The molecule has 1 saturated heterocycles. The molecule has 2 rings (SSSR count). The molecule has 1 N–H and O–H groups in total. The number of carbonyl (C=O) groups is 2. The van der Waals surface area contributed by atoms with Gasteiger partial charge in [0.05, 0.1) is 0 Å². The second-order valence-electron chi connectivity index (χ2n) is 4.74. The van der Waals surface area contributed by atoms with Gasteiger partial charge in [-0.2, -0.15) is 0 Å². The summed E-state index contributed by atoms with van der Waals surface area (Å²) in [6.07, 6.45) is 2.60. The predicted octanol–water partition coefficient (Wildman–Crippen LogP) is 2.13. The van der Waals surface area contributed by atoms with Crippen molar-refractivity contribution in [3.8, 4) is 0 Å². The molecule has 0 spiro atoms. The molecule has 1 fully saturated rings. The van der Waals surface area contributed by atoms with Crippen LogP contribution in [0.2, 0.25) is 5.02 Å². The summed E-state index contributed by atoms with van der Waals surface area (Å²) in [5.41, 5.74) is 0.964. The van der Waals surface area contributed by atoms with Crippen LogP contribution < -0.4 is 5.32 Å². The van der Waals surface area contributed by atoms with Gasteiger partial charge in [-0.25, -0.2) is 0 Å². The Kier molecular flexibility index (Phi) is 4.79. The third-order valence-electron chi connectivity index (χ3n) is 3.32. The monoisotopic (exact) mass is 292 g/mol. The van der Waals surface area contributed by atoms with Crippen molar-refractivity contribution >= 4 is 23.4 Å². The smallest absolute Gasteiger partial charge is 0.243 e. The molecule has 0 bridgehead atoms. The fourth-order valence-corrected chi connectivity index (χ4v) is 2.41. The lowest BCUT2D eigenvalue weighted by atomic mass is 10.1. The summed E-state index contributed by atoms with van der Waals surface area (Å²) in [6.45, 7) is 4.41. The van der Waals surface area contributed by atoms with Gasteiger partial charge in [0.15, 0.2) is 0 Å². The van der Waals surface area contributed by atoms with Crippen LogP contribution in [0, 0.1) is 0 Å². The van der Waals surface area contributed by atoms with Gasteiger partial charge >= 0.3 is 0 Å². The summed E-state index contributed by atoms with van der Waals surface area (Å²) in [6, 6.07) is 6.91. The minimum Gasteiger partial charge on any atom is -0.351 e. The van der Waals surface area contributed by atoms with Gasteiger partial charge in [0.2, 0.25) is 11.8 Å². The van der Waals surface area contributed by atoms with E-state index in [1.807, 2.05) is 12.1 Å². The molecule has 20 heavy (non-hydrogen) atoms. The summed E-state index contributed by atoms with van der Waals surface area (Å²) in [4.78, 5) is 25.6. The highest BCUT2D eigenvalue weighted by atomic mass is 35.5. The molecular formula is C15H17ClN2O2. The van der Waals surface area contributed by atoms with Crippen LogP contribution in [0.3, 0.4) is 0 Å². The first-order valence-electron chi connectivity index (χ1n) is 6.54. The first-order valence-corrected chi connectivity index (χ1v) is 6.92. The zero-order valence-corrected chi connectivity index (χ0v) is 11.9. The van der Waals surface area contributed by atoms with E-state index in [0.717, 1.165) is 5.56 Å². The van der Waals surface area contributed by atoms with E-state index in [9.17, 15) is 9.59 Å².